The fraction of sp³-hybridized carbons (Fsp3) is 0.318. The predicted octanol–water partition coefficient (Wildman–Crippen LogP) is 3.81. The predicted molar refractivity (Wildman–Crippen MR) is 119 cm³/mol. The number of halogens is 3. The Kier molecular flexibility index (Phi) is 9.53. The number of nitrogens with one attached hydrogen (secondary N) is 2. The molecule has 12 heteroatoms. The second-order valence-electron chi connectivity index (χ2n) is 7.23. The molecule has 34 heavy (non-hydrogen) atoms. The molecular formula is C22H25F3N4O5. The molecule has 3 amide bonds. The van der Waals surface area contributed by atoms with E-state index < -0.39 is 30.9 Å². The minimum Gasteiger partial charge on any atom is -0.484 e. The second-order valence-corrected chi connectivity index (χ2v) is 7.23. The van der Waals surface area contributed by atoms with Crippen LogP contribution in [0.4, 0.5) is 35.0 Å². The molecule has 0 bridgehead atoms. The monoisotopic (exact) mass is 482 g/mol. The number of nitrogens with two attached hydrogens (primary N) is 2. The maximum atomic E-state index is 12.5. The van der Waals surface area contributed by atoms with Gasteiger partial charge in [-0.2, -0.15) is 13.2 Å². The van der Waals surface area contributed by atoms with Gasteiger partial charge in [0.2, 0.25) is 5.91 Å². The highest BCUT2D eigenvalue weighted by Gasteiger charge is 2.28. The van der Waals surface area contributed by atoms with Crippen LogP contribution >= 0.6 is 0 Å². The van der Waals surface area contributed by atoms with Crippen molar-refractivity contribution in [3.63, 3.8) is 0 Å². The topological polar surface area (TPSA) is 146 Å². The van der Waals surface area contributed by atoms with Gasteiger partial charge >= 0.3 is 12.3 Å². The first-order valence-electron chi connectivity index (χ1n) is 10.2. The number of ether oxygens (including phenoxy) is 2. The largest absolute Gasteiger partial charge is 0.484 e. The molecule has 0 aliphatic rings. The Bertz CT molecular complexity index is 1000. The Morgan fingerprint density at radius 2 is 1.74 bits per heavy atom. The van der Waals surface area contributed by atoms with Crippen molar-refractivity contribution in [3.05, 3.63) is 48.5 Å². The van der Waals surface area contributed by atoms with Gasteiger partial charge in [0.1, 0.15) is 5.75 Å². The highest BCUT2D eigenvalue weighted by atomic mass is 19.4. The number of nitrogen functional groups attached to an aromatic ring is 1. The summed E-state index contributed by atoms with van der Waals surface area (Å²) in [7, 11) is 0. The Balaban J connectivity index is 1.86. The molecule has 1 atom stereocenters. The lowest BCUT2D eigenvalue weighted by molar-refractivity contribution is -0.153. The molecule has 0 saturated heterocycles. The summed E-state index contributed by atoms with van der Waals surface area (Å²) in [6.45, 7) is -1.48. The summed E-state index contributed by atoms with van der Waals surface area (Å²) in [6, 6.07) is 12.1. The lowest BCUT2D eigenvalue weighted by atomic mass is 10.1. The summed E-state index contributed by atoms with van der Waals surface area (Å²) in [5.74, 6) is -1.11. The molecule has 0 saturated carbocycles. The van der Waals surface area contributed by atoms with E-state index in [1.165, 1.54) is 24.3 Å². The molecule has 0 aliphatic heterocycles. The van der Waals surface area contributed by atoms with Crippen LogP contribution in [0.1, 0.15) is 25.7 Å². The number of amides is 3. The fourth-order valence-electron chi connectivity index (χ4n) is 2.87. The molecule has 184 valence electrons. The van der Waals surface area contributed by atoms with Crippen LogP contribution in [-0.2, 0) is 14.3 Å². The van der Waals surface area contributed by atoms with Gasteiger partial charge < -0.3 is 31.6 Å². The van der Waals surface area contributed by atoms with E-state index in [1.807, 2.05) is 0 Å². The quantitative estimate of drug-likeness (QED) is 0.283. The van der Waals surface area contributed by atoms with Gasteiger partial charge in [-0.1, -0.05) is 18.2 Å². The van der Waals surface area contributed by atoms with Crippen molar-refractivity contribution in [3.8, 4) is 5.75 Å². The first-order chi connectivity index (χ1) is 16.0. The highest BCUT2D eigenvalue weighted by molar-refractivity contribution is 5.95. The SMILES string of the molecule is NC(=O)OC(CCCCC(=O)Nc1ccccc1N)C(=O)Nc1cccc(OCC(F)(F)F)c1. The fourth-order valence-corrected chi connectivity index (χ4v) is 2.87. The highest BCUT2D eigenvalue weighted by Crippen LogP contribution is 2.22. The van der Waals surface area contributed by atoms with Crippen LogP contribution in [-0.4, -0.2) is 36.8 Å². The zero-order valence-electron chi connectivity index (χ0n) is 18.1. The number of rotatable bonds is 11. The first-order valence-corrected chi connectivity index (χ1v) is 10.2. The Hall–Kier alpha value is -3.96. The number of primary amides is 1. The third kappa shape index (κ3) is 9.67. The molecule has 0 aromatic heterocycles. The lowest BCUT2D eigenvalue weighted by Gasteiger charge is -2.17. The molecule has 9 nitrogen and oxygen atoms in total. The van der Waals surface area contributed by atoms with Crippen molar-refractivity contribution in [1.82, 2.24) is 0 Å². The summed E-state index contributed by atoms with van der Waals surface area (Å²) in [5, 5.41) is 5.13. The van der Waals surface area contributed by atoms with Crippen LogP contribution in [0, 0.1) is 0 Å². The third-order valence-electron chi connectivity index (χ3n) is 4.41. The van der Waals surface area contributed by atoms with Crippen molar-refractivity contribution in [1.29, 1.82) is 0 Å². The van der Waals surface area contributed by atoms with Crippen LogP contribution in [0.2, 0.25) is 0 Å². The van der Waals surface area contributed by atoms with Gasteiger partial charge in [0, 0.05) is 18.2 Å². The normalized spacial score (nSPS) is 11.9. The van der Waals surface area contributed by atoms with E-state index in [4.69, 9.17) is 16.2 Å². The van der Waals surface area contributed by atoms with Crippen molar-refractivity contribution >= 4 is 35.0 Å². The van der Waals surface area contributed by atoms with Crippen molar-refractivity contribution in [2.45, 2.75) is 38.0 Å². The number of unbranched alkanes of at least 4 members (excludes halogenated alkanes) is 1. The second kappa shape index (κ2) is 12.3. The minimum absolute atomic E-state index is 0.0692. The van der Waals surface area contributed by atoms with Gasteiger partial charge in [-0.25, -0.2) is 4.79 Å². The molecule has 0 radical (unpaired) electrons. The molecule has 0 spiro atoms. The van der Waals surface area contributed by atoms with Crippen LogP contribution in [0.15, 0.2) is 48.5 Å². The molecule has 0 heterocycles. The van der Waals surface area contributed by atoms with E-state index in [0.29, 0.717) is 24.2 Å². The van der Waals surface area contributed by atoms with E-state index in [1.54, 1.807) is 24.3 Å². The van der Waals surface area contributed by atoms with E-state index in [2.05, 4.69) is 15.4 Å². The van der Waals surface area contributed by atoms with Crippen molar-refractivity contribution in [2.24, 2.45) is 5.73 Å². The van der Waals surface area contributed by atoms with Gasteiger partial charge in [0.15, 0.2) is 12.7 Å². The van der Waals surface area contributed by atoms with Gasteiger partial charge in [-0.15, -0.1) is 0 Å². The number of carbonyl (C=O) groups excluding carboxylic acids is 3. The van der Waals surface area contributed by atoms with Gasteiger partial charge in [0.05, 0.1) is 11.4 Å². The number of anilines is 3. The third-order valence-corrected chi connectivity index (χ3v) is 4.41. The smallest absolute Gasteiger partial charge is 0.422 e. The van der Waals surface area contributed by atoms with Crippen LogP contribution in [0.3, 0.4) is 0 Å². The average Bonchev–Trinajstić information content (AvgIpc) is 2.75. The average molecular weight is 482 g/mol. The summed E-state index contributed by atoms with van der Waals surface area (Å²) >= 11 is 0. The van der Waals surface area contributed by atoms with E-state index in [0.717, 1.165) is 0 Å². The van der Waals surface area contributed by atoms with Crippen LogP contribution in [0.25, 0.3) is 0 Å². The van der Waals surface area contributed by atoms with Crippen LogP contribution < -0.4 is 26.8 Å². The van der Waals surface area contributed by atoms with E-state index in [-0.39, 0.29) is 30.2 Å². The maximum Gasteiger partial charge on any atom is 0.422 e. The molecule has 0 aliphatic carbocycles. The van der Waals surface area contributed by atoms with Gasteiger partial charge in [-0.05, 0) is 43.5 Å². The van der Waals surface area contributed by atoms with Gasteiger partial charge in [0.25, 0.3) is 5.91 Å². The standard InChI is InChI=1S/C22H25F3N4O5/c23-22(24,25)13-33-15-7-5-6-14(12-15)28-20(31)18(34-21(27)32)10-3-4-11-19(30)29-17-9-2-1-8-16(17)26/h1-2,5-9,12,18H,3-4,10-11,13,26H2,(H2,27,32)(H,28,31)(H,29,30). The number of hydrogen-bond donors (Lipinski definition) is 4. The first kappa shape index (κ1) is 26.3. The van der Waals surface area contributed by atoms with E-state index >= 15 is 0 Å². The zero-order valence-corrected chi connectivity index (χ0v) is 18.1. The Morgan fingerprint density at radius 3 is 2.41 bits per heavy atom. The van der Waals surface area contributed by atoms with Crippen molar-refractivity contribution < 1.29 is 37.0 Å². The Morgan fingerprint density at radius 1 is 1.00 bits per heavy atom. The van der Waals surface area contributed by atoms with E-state index in [9.17, 15) is 27.6 Å². The number of hydrogen-bond acceptors (Lipinski definition) is 6. The summed E-state index contributed by atoms with van der Waals surface area (Å²) < 4.78 is 46.5. The van der Waals surface area contributed by atoms with Crippen molar-refractivity contribution in [2.75, 3.05) is 23.0 Å². The number of para-hydroxylation sites is 2. The van der Waals surface area contributed by atoms with Crippen LogP contribution in [0.5, 0.6) is 5.75 Å². The minimum atomic E-state index is -4.51. The summed E-state index contributed by atoms with van der Waals surface area (Å²) in [6.07, 6.45) is -6.00. The summed E-state index contributed by atoms with van der Waals surface area (Å²) in [5.41, 5.74) is 11.9. The molecule has 2 aromatic rings. The lowest BCUT2D eigenvalue weighted by Crippen LogP contribution is -2.34. The molecule has 2 aromatic carbocycles. The Labute approximate surface area is 193 Å². The molecule has 2 rings (SSSR count). The number of carbonyl (C=O) groups is 3. The maximum absolute atomic E-state index is 12.5. The molecular weight excluding hydrogens is 457 g/mol. The molecule has 0 fully saturated rings. The van der Waals surface area contributed by atoms with Gasteiger partial charge in [-0.3, -0.25) is 9.59 Å². The summed E-state index contributed by atoms with van der Waals surface area (Å²) in [4.78, 5) is 35.8. The number of benzene rings is 2. The zero-order chi connectivity index (χ0) is 25.1. The molecule has 1 unspecified atom stereocenters. The number of alkyl halides is 3. The molecule has 6 N–H and O–H groups in total.